The summed E-state index contributed by atoms with van der Waals surface area (Å²) < 4.78 is 0. The minimum absolute atomic E-state index is 0.275. The van der Waals surface area contributed by atoms with Crippen LogP contribution in [0.15, 0.2) is 29.3 Å². The first kappa shape index (κ1) is 22.5. The lowest BCUT2D eigenvalue weighted by Crippen LogP contribution is -2.50. The van der Waals surface area contributed by atoms with Gasteiger partial charge in [0.05, 0.1) is 19.2 Å². The molecule has 0 bridgehead atoms. The van der Waals surface area contributed by atoms with Crippen molar-refractivity contribution in [1.29, 1.82) is 0 Å². The Bertz CT molecular complexity index is 717. The number of aliphatic hydroxyl groups is 1. The van der Waals surface area contributed by atoms with E-state index in [0.717, 1.165) is 57.9 Å². The molecule has 5 N–H and O–H groups in total. The number of nitrogens with two attached hydrogens (primary N) is 1. The molecular weight excluding hydrogens is 380 g/mol. The molecule has 1 aromatic carbocycles. The predicted octanol–water partition coefficient (Wildman–Crippen LogP) is -0.0896. The van der Waals surface area contributed by atoms with Gasteiger partial charge in [0, 0.05) is 45.3 Å². The van der Waals surface area contributed by atoms with Crippen molar-refractivity contribution in [2.45, 2.75) is 44.9 Å². The van der Waals surface area contributed by atoms with Gasteiger partial charge in [-0.3, -0.25) is 19.6 Å². The molecule has 1 unspecified atom stereocenters. The van der Waals surface area contributed by atoms with Crippen molar-refractivity contribution in [3.63, 3.8) is 0 Å². The first-order valence-electron chi connectivity index (χ1n) is 11.1. The first-order valence-corrected chi connectivity index (χ1v) is 11.1. The molecule has 8 nitrogen and oxygen atoms in total. The van der Waals surface area contributed by atoms with E-state index >= 15 is 0 Å². The van der Waals surface area contributed by atoms with Gasteiger partial charge < -0.3 is 21.5 Å². The van der Waals surface area contributed by atoms with Gasteiger partial charge >= 0.3 is 0 Å². The van der Waals surface area contributed by atoms with Crippen LogP contribution in [-0.2, 0) is 17.8 Å². The number of fused-ring (bicyclic) bond motifs is 1. The van der Waals surface area contributed by atoms with Gasteiger partial charge in [-0.2, -0.15) is 0 Å². The maximum absolute atomic E-state index is 11.1. The summed E-state index contributed by atoms with van der Waals surface area (Å²) in [5, 5.41) is 17.3. The number of primary amides is 1. The predicted molar refractivity (Wildman–Crippen MR) is 119 cm³/mol. The van der Waals surface area contributed by atoms with E-state index in [1.807, 2.05) is 6.92 Å². The van der Waals surface area contributed by atoms with Crippen molar-refractivity contribution >= 4 is 11.9 Å². The number of likely N-dealkylation sites (tertiary alicyclic amines) is 1. The smallest absolute Gasteiger partial charge is 0.231 e. The molecule has 2 aliphatic rings. The fourth-order valence-corrected chi connectivity index (χ4v) is 4.23. The molecule has 3 rings (SSSR count). The highest BCUT2D eigenvalue weighted by molar-refractivity contribution is 5.80. The summed E-state index contributed by atoms with van der Waals surface area (Å²) in [6.07, 6.45) is 2.41. The SMILES string of the molecule is CCNC(=NCC(O)CN1CCc2ccccc2C1)NC1CCN(CC(N)=O)CC1. The summed E-state index contributed by atoms with van der Waals surface area (Å²) in [6, 6.07) is 8.85. The van der Waals surface area contributed by atoms with Gasteiger partial charge in [0.1, 0.15) is 0 Å². The number of piperidine rings is 1. The zero-order chi connectivity index (χ0) is 21.3. The third-order valence-electron chi connectivity index (χ3n) is 5.79. The number of amides is 1. The summed E-state index contributed by atoms with van der Waals surface area (Å²) in [6.45, 7) is 7.68. The van der Waals surface area contributed by atoms with E-state index in [4.69, 9.17) is 5.73 Å². The highest BCUT2D eigenvalue weighted by Gasteiger charge is 2.21. The number of nitrogens with zero attached hydrogens (tertiary/aromatic N) is 3. The van der Waals surface area contributed by atoms with Crippen LogP contribution in [0.4, 0.5) is 0 Å². The van der Waals surface area contributed by atoms with Gasteiger partial charge in [-0.25, -0.2) is 0 Å². The molecule has 1 aromatic rings. The van der Waals surface area contributed by atoms with Gasteiger partial charge in [-0.15, -0.1) is 0 Å². The van der Waals surface area contributed by atoms with Crippen LogP contribution >= 0.6 is 0 Å². The van der Waals surface area contributed by atoms with Crippen molar-refractivity contribution in [2.75, 3.05) is 45.8 Å². The highest BCUT2D eigenvalue weighted by atomic mass is 16.3. The largest absolute Gasteiger partial charge is 0.390 e. The molecule has 2 aliphatic heterocycles. The van der Waals surface area contributed by atoms with Crippen LogP contribution in [0.5, 0.6) is 0 Å². The number of hydrogen-bond donors (Lipinski definition) is 4. The lowest BCUT2D eigenvalue weighted by Gasteiger charge is -2.32. The molecule has 0 spiro atoms. The number of nitrogens with one attached hydrogen (secondary N) is 2. The zero-order valence-corrected chi connectivity index (χ0v) is 18.0. The van der Waals surface area contributed by atoms with E-state index in [1.165, 1.54) is 11.1 Å². The molecule has 30 heavy (non-hydrogen) atoms. The van der Waals surface area contributed by atoms with Gasteiger partial charge in [-0.05, 0) is 37.3 Å². The van der Waals surface area contributed by atoms with E-state index in [0.29, 0.717) is 25.7 Å². The van der Waals surface area contributed by atoms with Crippen molar-refractivity contribution in [2.24, 2.45) is 10.7 Å². The number of guanidine groups is 1. The standard InChI is InChI=1S/C22H36N6O2/c1-2-24-22(26-19-8-11-27(12-9-19)16-21(23)30)25-13-20(29)15-28-10-7-17-5-3-4-6-18(17)14-28/h3-6,19-20,29H,2,7-16H2,1H3,(H2,23,30)(H2,24,25,26). The van der Waals surface area contributed by atoms with Crippen LogP contribution in [-0.4, -0.2) is 84.7 Å². The second-order valence-electron chi connectivity index (χ2n) is 8.29. The summed E-state index contributed by atoms with van der Waals surface area (Å²) >= 11 is 0. The number of carbonyl (C=O) groups excluding carboxylic acids is 1. The summed E-state index contributed by atoms with van der Waals surface area (Å²) in [5.41, 5.74) is 8.06. The molecule has 1 amide bonds. The molecule has 1 fully saturated rings. The maximum atomic E-state index is 11.1. The molecule has 0 aliphatic carbocycles. The van der Waals surface area contributed by atoms with E-state index in [1.54, 1.807) is 0 Å². The summed E-state index contributed by atoms with van der Waals surface area (Å²) in [7, 11) is 0. The lowest BCUT2D eigenvalue weighted by molar-refractivity contribution is -0.119. The molecule has 8 heteroatoms. The van der Waals surface area contributed by atoms with E-state index in [-0.39, 0.29) is 5.91 Å². The van der Waals surface area contributed by atoms with E-state index < -0.39 is 6.10 Å². The fraction of sp³-hybridized carbons (Fsp3) is 0.636. The maximum Gasteiger partial charge on any atom is 0.231 e. The van der Waals surface area contributed by atoms with E-state index in [2.05, 4.69) is 49.7 Å². The Hall–Kier alpha value is -2.16. The van der Waals surface area contributed by atoms with Crippen molar-refractivity contribution in [3.05, 3.63) is 35.4 Å². The second kappa shape index (κ2) is 11.3. The number of benzene rings is 1. The average Bonchev–Trinajstić information content (AvgIpc) is 2.73. The van der Waals surface area contributed by atoms with E-state index in [9.17, 15) is 9.90 Å². The van der Waals surface area contributed by atoms with Crippen molar-refractivity contribution < 1.29 is 9.90 Å². The topological polar surface area (TPSA) is 106 Å². The first-order chi connectivity index (χ1) is 14.5. The molecule has 1 atom stereocenters. The zero-order valence-electron chi connectivity index (χ0n) is 18.0. The molecule has 0 aromatic heterocycles. The van der Waals surface area contributed by atoms with Gasteiger partial charge in [0.2, 0.25) is 5.91 Å². The van der Waals surface area contributed by atoms with Crippen LogP contribution in [0.2, 0.25) is 0 Å². The number of β-amino-alcohol motifs (C(OH)–C–C–N with tert-alkyl or cyclic N) is 1. The molecule has 0 saturated carbocycles. The quantitative estimate of drug-likeness (QED) is 0.349. The van der Waals surface area contributed by atoms with Crippen LogP contribution in [0, 0.1) is 0 Å². The van der Waals surface area contributed by atoms with Gasteiger partial charge in [0.25, 0.3) is 0 Å². The number of rotatable bonds is 8. The fourth-order valence-electron chi connectivity index (χ4n) is 4.23. The normalized spacial score (nSPS) is 19.9. The Morgan fingerprint density at radius 1 is 1.23 bits per heavy atom. The molecule has 0 radical (unpaired) electrons. The van der Waals surface area contributed by atoms with Crippen LogP contribution < -0.4 is 16.4 Å². The molecular formula is C22H36N6O2. The Morgan fingerprint density at radius 2 is 1.97 bits per heavy atom. The number of aliphatic imine (C=N–C) groups is 1. The molecule has 166 valence electrons. The third-order valence-corrected chi connectivity index (χ3v) is 5.79. The van der Waals surface area contributed by atoms with Gasteiger partial charge in [-0.1, -0.05) is 24.3 Å². The summed E-state index contributed by atoms with van der Waals surface area (Å²) in [4.78, 5) is 20.1. The minimum atomic E-state index is -0.497. The monoisotopic (exact) mass is 416 g/mol. The molecule has 2 heterocycles. The van der Waals surface area contributed by atoms with Crippen LogP contribution in [0.25, 0.3) is 0 Å². The highest BCUT2D eigenvalue weighted by Crippen LogP contribution is 2.18. The number of aliphatic hydroxyl groups excluding tert-OH is 1. The van der Waals surface area contributed by atoms with Crippen molar-refractivity contribution in [3.8, 4) is 0 Å². The number of carbonyl (C=O) groups is 1. The Balaban J connectivity index is 1.44. The summed E-state index contributed by atoms with van der Waals surface area (Å²) in [5.74, 6) is 0.469. The average molecular weight is 417 g/mol. The minimum Gasteiger partial charge on any atom is -0.390 e. The Morgan fingerprint density at radius 3 is 2.67 bits per heavy atom. The molecule has 1 saturated heterocycles. The Kier molecular flexibility index (Phi) is 8.48. The number of hydrogen-bond acceptors (Lipinski definition) is 5. The van der Waals surface area contributed by atoms with Crippen LogP contribution in [0.3, 0.4) is 0 Å². The van der Waals surface area contributed by atoms with Gasteiger partial charge in [0.15, 0.2) is 5.96 Å². The van der Waals surface area contributed by atoms with Crippen molar-refractivity contribution in [1.82, 2.24) is 20.4 Å². The second-order valence-corrected chi connectivity index (χ2v) is 8.29. The Labute approximate surface area is 179 Å². The lowest BCUT2D eigenvalue weighted by atomic mass is 10.00. The third kappa shape index (κ3) is 6.97. The van der Waals surface area contributed by atoms with Crippen LogP contribution in [0.1, 0.15) is 30.9 Å².